The summed E-state index contributed by atoms with van der Waals surface area (Å²) in [7, 11) is 0. The van der Waals surface area contributed by atoms with E-state index in [0.29, 0.717) is 5.56 Å². The van der Waals surface area contributed by atoms with E-state index in [9.17, 15) is 8.78 Å². The highest BCUT2D eigenvalue weighted by molar-refractivity contribution is 5.17. The van der Waals surface area contributed by atoms with Crippen LogP contribution in [0.5, 0.6) is 0 Å². The summed E-state index contributed by atoms with van der Waals surface area (Å²) in [6.07, 6.45) is 0. The minimum Gasteiger partial charge on any atom is -0.326 e. The molecular weight excluding hydrogens is 184 g/mol. The summed E-state index contributed by atoms with van der Waals surface area (Å²) in [6, 6.07) is 3.35. The molecule has 14 heavy (non-hydrogen) atoms. The normalized spacial score (nSPS) is 7.93. The second-order valence-corrected chi connectivity index (χ2v) is 1.94. The molecule has 0 amide bonds. The van der Waals surface area contributed by atoms with E-state index < -0.39 is 11.6 Å². The van der Waals surface area contributed by atoms with Crippen molar-refractivity contribution < 1.29 is 8.78 Å². The van der Waals surface area contributed by atoms with E-state index in [-0.39, 0.29) is 6.54 Å². The molecule has 1 nitrogen and oxygen atoms in total. The lowest BCUT2D eigenvalue weighted by atomic mass is 10.2. The van der Waals surface area contributed by atoms with E-state index in [2.05, 4.69) is 0 Å². The lowest BCUT2D eigenvalue weighted by molar-refractivity contribution is 0.572. The topological polar surface area (TPSA) is 26.0 Å². The first-order chi connectivity index (χ1) is 6.74. The first-order valence-corrected chi connectivity index (χ1v) is 4.88. The van der Waals surface area contributed by atoms with Gasteiger partial charge in [0.05, 0.1) is 0 Å². The van der Waals surface area contributed by atoms with Crippen LogP contribution in [0.2, 0.25) is 0 Å². The number of rotatable bonds is 1. The maximum absolute atomic E-state index is 12.5. The Morgan fingerprint density at radius 3 is 1.93 bits per heavy atom. The summed E-state index contributed by atoms with van der Waals surface area (Å²) >= 11 is 0. The fourth-order valence-electron chi connectivity index (χ4n) is 0.687. The highest BCUT2D eigenvalue weighted by Gasteiger charge is 1.99. The molecule has 0 spiro atoms. The average Bonchev–Trinajstić information content (AvgIpc) is 2.24. The Kier molecular flexibility index (Phi) is 11.2. The molecule has 2 N–H and O–H groups in total. The van der Waals surface area contributed by atoms with E-state index in [4.69, 9.17) is 5.73 Å². The summed E-state index contributed by atoms with van der Waals surface area (Å²) in [6.45, 7) is 8.10. The van der Waals surface area contributed by atoms with Crippen LogP contribution < -0.4 is 5.73 Å². The van der Waals surface area contributed by atoms with Crippen molar-refractivity contribution in [2.45, 2.75) is 34.2 Å². The van der Waals surface area contributed by atoms with Crippen LogP contribution >= 0.6 is 0 Å². The molecule has 0 fully saturated rings. The van der Waals surface area contributed by atoms with Crippen molar-refractivity contribution in [1.29, 1.82) is 0 Å². The minimum absolute atomic E-state index is 0.103. The predicted molar refractivity (Wildman–Crippen MR) is 56.9 cm³/mol. The number of nitrogens with two attached hydrogens (primary N) is 1. The summed E-state index contributed by atoms with van der Waals surface area (Å²) in [5.41, 5.74) is 5.47. The molecule has 0 aliphatic rings. The summed E-state index contributed by atoms with van der Waals surface area (Å²) in [4.78, 5) is 0. The predicted octanol–water partition coefficient (Wildman–Crippen LogP) is 3.48. The van der Waals surface area contributed by atoms with E-state index in [0.717, 1.165) is 6.07 Å². The zero-order chi connectivity index (χ0) is 11.6. The van der Waals surface area contributed by atoms with Crippen LogP contribution in [0.3, 0.4) is 0 Å². The van der Waals surface area contributed by atoms with E-state index in [1.165, 1.54) is 12.1 Å². The maximum atomic E-state index is 12.5. The average molecular weight is 203 g/mol. The summed E-state index contributed by atoms with van der Waals surface area (Å²) < 4.78 is 24.7. The van der Waals surface area contributed by atoms with Gasteiger partial charge in [-0.05, 0) is 6.07 Å². The SMILES string of the molecule is CC.CC.NCc1ccc(F)cc1F. The maximum Gasteiger partial charge on any atom is 0.130 e. The number of halogens is 2. The molecule has 0 bridgehead atoms. The zero-order valence-corrected chi connectivity index (χ0v) is 9.27. The molecule has 0 saturated carbocycles. The van der Waals surface area contributed by atoms with Crippen molar-refractivity contribution in [2.24, 2.45) is 5.73 Å². The van der Waals surface area contributed by atoms with Gasteiger partial charge in [0, 0.05) is 18.2 Å². The second-order valence-electron chi connectivity index (χ2n) is 1.94. The quantitative estimate of drug-likeness (QED) is 0.743. The zero-order valence-electron chi connectivity index (χ0n) is 9.27. The van der Waals surface area contributed by atoms with Crippen LogP contribution in [-0.2, 0) is 6.54 Å². The molecule has 0 saturated heterocycles. The molecule has 1 aromatic carbocycles. The molecule has 0 aliphatic heterocycles. The Morgan fingerprint density at radius 1 is 1.07 bits per heavy atom. The van der Waals surface area contributed by atoms with Crippen LogP contribution in [0.15, 0.2) is 18.2 Å². The van der Waals surface area contributed by atoms with Crippen molar-refractivity contribution in [3.63, 3.8) is 0 Å². The van der Waals surface area contributed by atoms with E-state index in [1.807, 2.05) is 27.7 Å². The van der Waals surface area contributed by atoms with Gasteiger partial charge in [0.2, 0.25) is 0 Å². The van der Waals surface area contributed by atoms with E-state index in [1.54, 1.807) is 0 Å². The third-order valence-corrected chi connectivity index (χ3v) is 1.24. The molecule has 0 aromatic heterocycles. The van der Waals surface area contributed by atoms with Gasteiger partial charge in [-0.25, -0.2) is 8.78 Å². The Balaban J connectivity index is 0. The molecule has 1 rings (SSSR count). The minimum atomic E-state index is -0.581. The van der Waals surface area contributed by atoms with Gasteiger partial charge in [-0.3, -0.25) is 0 Å². The van der Waals surface area contributed by atoms with Gasteiger partial charge in [0.25, 0.3) is 0 Å². The third kappa shape index (κ3) is 5.65. The van der Waals surface area contributed by atoms with Crippen molar-refractivity contribution >= 4 is 0 Å². The fraction of sp³-hybridized carbons (Fsp3) is 0.455. The van der Waals surface area contributed by atoms with Gasteiger partial charge in [0.1, 0.15) is 11.6 Å². The van der Waals surface area contributed by atoms with Crippen molar-refractivity contribution in [3.8, 4) is 0 Å². The molecule has 3 heteroatoms. The van der Waals surface area contributed by atoms with Gasteiger partial charge in [-0.15, -0.1) is 0 Å². The van der Waals surface area contributed by atoms with Crippen LogP contribution in [0.1, 0.15) is 33.3 Å². The second kappa shape index (κ2) is 10.1. The van der Waals surface area contributed by atoms with Crippen LogP contribution in [0.4, 0.5) is 8.78 Å². The largest absolute Gasteiger partial charge is 0.326 e. The Morgan fingerprint density at radius 2 is 1.57 bits per heavy atom. The van der Waals surface area contributed by atoms with Gasteiger partial charge in [-0.2, -0.15) is 0 Å². The Hall–Kier alpha value is -0.960. The Labute approximate surface area is 84.9 Å². The molecular formula is C11H19F2N. The highest BCUT2D eigenvalue weighted by atomic mass is 19.1. The smallest absolute Gasteiger partial charge is 0.130 e. The number of benzene rings is 1. The third-order valence-electron chi connectivity index (χ3n) is 1.24. The lowest BCUT2D eigenvalue weighted by Gasteiger charge is -1.96. The molecule has 0 unspecified atom stereocenters. The van der Waals surface area contributed by atoms with Crippen LogP contribution in [-0.4, -0.2) is 0 Å². The summed E-state index contributed by atoms with van der Waals surface area (Å²) in [5.74, 6) is -1.16. The van der Waals surface area contributed by atoms with Gasteiger partial charge < -0.3 is 5.73 Å². The molecule has 0 heterocycles. The van der Waals surface area contributed by atoms with Gasteiger partial charge >= 0.3 is 0 Å². The standard InChI is InChI=1S/C7H7F2N.2C2H6/c8-6-2-1-5(4-10)7(9)3-6;2*1-2/h1-3H,4,10H2;2*1-2H3. The fourth-order valence-corrected chi connectivity index (χ4v) is 0.687. The monoisotopic (exact) mass is 203 g/mol. The molecule has 0 atom stereocenters. The van der Waals surface area contributed by atoms with Crippen molar-refractivity contribution in [1.82, 2.24) is 0 Å². The molecule has 0 radical (unpaired) electrons. The van der Waals surface area contributed by atoms with Crippen LogP contribution in [0, 0.1) is 11.6 Å². The first kappa shape index (κ1) is 15.5. The highest BCUT2D eigenvalue weighted by Crippen LogP contribution is 2.07. The van der Waals surface area contributed by atoms with Gasteiger partial charge in [-0.1, -0.05) is 33.8 Å². The van der Waals surface area contributed by atoms with Gasteiger partial charge in [0.15, 0.2) is 0 Å². The summed E-state index contributed by atoms with van der Waals surface area (Å²) in [5, 5.41) is 0. The molecule has 0 aliphatic carbocycles. The number of hydrogen-bond acceptors (Lipinski definition) is 1. The van der Waals surface area contributed by atoms with Crippen LogP contribution in [0.25, 0.3) is 0 Å². The first-order valence-electron chi connectivity index (χ1n) is 4.88. The van der Waals surface area contributed by atoms with E-state index >= 15 is 0 Å². The molecule has 82 valence electrons. The lowest BCUT2D eigenvalue weighted by Crippen LogP contribution is -1.99. The molecule has 1 aromatic rings. The van der Waals surface area contributed by atoms with Crippen molar-refractivity contribution in [2.75, 3.05) is 0 Å². The number of hydrogen-bond donors (Lipinski definition) is 1. The van der Waals surface area contributed by atoms with Crippen molar-refractivity contribution in [3.05, 3.63) is 35.4 Å². The Bertz CT molecular complexity index is 237.